The maximum absolute atomic E-state index is 14.6. The average Bonchev–Trinajstić information content (AvgIpc) is 0.798. The van der Waals surface area contributed by atoms with Crippen LogP contribution in [0, 0.1) is 5.92 Å². The lowest BCUT2D eigenvalue weighted by molar-refractivity contribution is -0.330. The SMILES string of the molecule is CC[C@@]1(O)C[C@H](O[C@H]2C[C@H](N(C)C)[C@H](O[C@H]3C[C@H](O)[C@H](O[C@H]4CC[C@H](O)[C@H](C)O4)[C@H](C)O3)[C@H](C)O2)c2c(O)c3c(c(O)c2[C@H]1O[C@H]1C[C@H](N(C)C)[C@H](O[C@H]2CC[C@H](O[C@H]4CC[C@H](O)[C@H](C)O4)[C@H](C)O2)[C@H](C)O1)C(=O)C1CC=CC(=O)C1=C3O. The minimum Gasteiger partial charge on any atom is -0.507 e. The summed E-state index contributed by atoms with van der Waals surface area (Å²) in [5.41, 5.74) is -3.09. The van der Waals surface area contributed by atoms with E-state index < -0.39 is 162 Å². The fourth-order valence-electron chi connectivity index (χ4n) is 14.1. The van der Waals surface area contributed by atoms with Gasteiger partial charge in [0, 0.05) is 68.2 Å². The molecule has 10 rings (SSSR count). The minimum atomic E-state index is -1.86. The van der Waals surface area contributed by atoms with Gasteiger partial charge in [-0.25, -0.2) is 0 Å². The third-order valence-electron chi connectivity index (χ3n) is 19.0. The minimum absolute atomic E-state index is 0.0337. The van der Waals surface area contributed by atoms with E-state index in [1.807, 2.05) is 65.7 Å². The zero-order chi connectivity index (χ0) is 59.7. The molecule has 466 valence electrons. The molecule has 7 N–H and O–H groups in total. The number of nitrogens with zero attached hydrogens (tertiary/aromatic N) is 2. The first-order valence-corrected chi connectivity index (χ1v) is 30.1. The summed E-state index contributed by atoms with van der Waals surface area (Å²) >= 11 is 0. The number of phenolic OH excluding ortho intramolecular Hbond substituents is 2. The van der Waals surface area contributed by atoms with Crippen LogP contribution in [0.5, 0.6) is 11.5 Å². The lowest BCUT2D eigenvalue weighted by atomic mass is 9.69. The number of rotatable bonds is 15. The molecule has 83 heavy (non-hydrogen) atoms. The van der Waals surface area contributed by atoms with Crippen molar-refractivity contribution in [2.75, 3.05) is 28.2 Å². The summed E-state index contributed by atoms with van der Waals surface area (Å²) in [6, 6.07) is -0.711. The number of aliphatic hydroxyl groups is 5. The molecule has 6 aliphatic heterocycles. The summed E-state index contributed by atoms with van der Waals surface area (Å²) in [6.07, 6.45) is -7.87. The van der Waals surface area contributed by atoms with Gasteiger partial charge < -0.3 is 102 Å². The van der Waals surface area contributed by atoms with Crippen molar-refractivity contribution in [3.63, 3.8) is 0 Å². The number of phenols is 2. The summed E-state index contributed by atoms with van der Waals surface area (Å²) in [5.74, 6) is -4.37. The molecule has 0 aromatic heterocycles. The highest BCUT2D eigenvalue weighted by atomic mass is 16.8. The highest BCUT2D eigenvalue weighted by Gasteiger charge is 2.56. The Hall–Kier alpha value is -3.28. The number of allylic oxidation sites excluding steroid dienone is 3. The molecule has 1 aromatic carbocycles. The van der Waals surface area contributed by atoms with Crippen molar-refractivity contribution in [1.29, 1.82) is 0 Å². The van der Waals surface area contributed by atoms with Crippen LogP contribution < -0.4 is 0 Å². The number of likely N-dealkylation sites (N-methyl/N-ethyl adjacent to an activating group) is 2. The van der Waals surface area contributed by atoms with E-state index in [4.69, 9.17) is 56.8 Å². The van der Waals surface area contributed by atoms with E-state index in [2.05, 4.69) is 0 Å². The molecule has 6 fully saturated rings. The predicted octanol–water partition coefficient (Wildman–Crippen LogP) is 4.83. The zero-order valence-corrected chi connectivity index (χ0v) is 49.7. The normalized spacial score (nSPS) is 44.2. The van der Waals surface area contributed by atoms with Gasteiger partial charge in [0.2, 0.25) is 0 Å². The molecule has 3 aliphatic carbocycles. The molecular formula is C60H90N2O21. The molecule has 1 unspecified atom stereocenters. The van der Waals surface area contributed by atoms with E-state index in [0.717, 1.165) is 0 Å². The van der Waals surface area contributed by atoms with Gasteiger partial charge in [-0.1, -0.05) is 13.0 Å². The number of aliphatic hydroxyl groups excluding tert-OH is 4. The van der Waals surface area contributed by atoms with Crippen molar-refractivity contribution in [3.8, 4) is 11.5 Å². The second-order valence-corrected chi connectivity index (χ2v) is 25.1. The number of carbonyl (C=O) groups is 2. The third kappa shape index (κ3) is 12.6. The summed E-state index contributed by atoms with van der Waals surface area (Å²) in [4.78, 5) is 31.9. The first kappa shape index (κ1) is 62.8. The molecule has 25 atom stereocenters. The average molecular weight is 1180 g/mol. The molecule has 6 heterocycles. The highest BCUT2D eigenvalue weighted by Crippen LogP contribution is 2.59. The van der Waals surface area contributed by atoms with Gasteiger partial charge in [0.15, 0.2) is 49.3 Å². The number of benzene rings is 1. The fraction of sp³-hybridized carbons (Fsp3) is 0.800. The van der Waals surface area contributed by atoms with Gasteiger partial charge in [-0.3, -0.25) is 9.59 Å². The van der Waals surface area contributed by atoms with Crippen molar-refractivity contribution in [2.24, 2.45) is 5.92 Å². The molecule has 9 aliphatic rings. The van der Waals surface area contributed by atoms with Crippen LogP contribution >= 0.6 is 0 Å². The number of fused-ring (bicyclic) bond motifs is 3. The van der Waals surface area contributed by atoms with Crippen molar-refractivity contribution in [2.45, 2.75) is 273 Å². The summed E-state index contributed by atoms with van der Waals surface area (Å²) < 4.78 is 77.4. The van der Waals surface area contributed by atoms with Gasteiger partial charge in [0.05, 0.1) is 95.4 Å². The van der Waals surface area contributed by atoms with Crippen LogP contribution in [-0.4, -0.2) is 220 Å². The second kappa shape index (κ2) is 25.4. The number of ether oxygens (including phenoxy) is 12. The molecule has 23 heteroatoms. The lowest BCUT2D eigenvalue weighted by Crippen LogP contribution is -2.58. The van der Waals surface area contributed by atoms with Gasteiger partial charge in [-0.05, 0) is 108 Å². The van der Waals surface area contributed by atoms with E-state index in [1.54, 1.807) is 20.8 Å². The van der Waals surface area contributed by atoms with E-state index in [0.29, 0.717) is 38.5 Å². The standard InChI is InChI=1S/C60H90N2O21/c1-12-60(71)25-40(79-44-22-33(61(8)9)57(30(6)75-44)82-46-24-38(66)58(31(7)77-46)81-42-20-17-36(64)27(3)73-42)48-51(55(70)49-50(54(48)69)53(68)47-32(52(49)67)14-13-15-37(47)65)59(60)83-45-23-34(62(10)11)56(29(5)76-45)80-43-21-18-39(28(4)74-43)78-41-19-16-35(63)26(2)72-41/h13,15,26-36,38-46,56-59,63-64,66,68-71H,12,14,16-25H2,1-11H3/t26-,27-,28-,29-,30-,31-,32?,33-,34-,35-,36-,38-,39-,40-,41-,42-,43-,44-,45-,46-,56+,57+,58+,59+,60+/m0/s1. The van der Waals surface area contributed by atoms with E-state index in [9.17, 15) is 45.3 Å². The zero-order valence-electron chi connectivity index (χ0n) is 49.7. The Bertz CT molecular complexity index is 2540. The van der Waals surface area contributed by atoms with Gasteiger partial charge in [-0.15, -0.1) is 0 Å². The smallest absolute Gasteiger partial charge is 0.185 e. The Kier molecular flexibility index (Phi) is 19.2. The second-order valence-electron chi connectivity index (χ2n) is 25.1. The Balaban J connectivity index is 0.890. The van der Waals surface area contributed by atoms with Crippen molar-refractivity contribution in [3.05, 3.63) is 40.0 Å². The quantitative estimate of drug-likeness (QED) is 0.116. The van der Waals surface area contributed by atoms with Crippen molar-refractivity contribution in [1.82, 2.24) is 9.80 Å². The summed E-state index contributed by atoms with van der Waals surface area (Å²) in [5, 5.41) is 82.2. The van der Waals surface area contributed by atoms with Crippen molar-refractivity contribution < 1.29 is 102 Å². The molecule has 23 nitrogen and oxygen atoms in total. The van der Waals surface area contributed by atoms with Gasteiger partial charge in [0.25, 0.3) is 0 Å². The molecule has 0 radical (unpaired) electrons. The molecule has 0 saturated carbocycles. The van der Waals surface area contributed by atoms with Crippen LogP contribution in [0.3, 0.4) is 0 Å². The Labute approximate surface area is 485 Å². The van der Waals surface area contributed by atoms with Crippen LogP contribution in [0.2, 0.25) is 0 Å². The maximum atomic E-state index is 14.6. The van der Waals surface area contributed by atoms with Gasteiger partial charge >= 0.3 is 0 Å². The number of hydrogen-bond donors (Lipinski definition) is 7. The number of Topliss-reactive ketones (excluding diaryl/α,β-unsaturated/α-hetero) is 1. The first-order chi connectivity index (χ1) is 39.4. The van der Waals surface area contributed by atoms with Gasteiger partial charge in [0.1, 0.15) is 41.7 Å². The van der Waals surface area contributed by atoms with Crippen LogP contribution in [-0.2, 0) is 61.6 Å². The monoisotopic (exact) mass is 1170 g/mol. The van der Waals surface area contributed by atoms with Crippen LogP contribution in [0.4, 0.5) is 0 Å². The third-order valence-corrected chi connectivity index (χ3v) is 19.0. The number of aromatic hydroxyl groups is 2. The van der Waals surface area contributed by atoms with Crippen LogP contribution in [0.15, 0.2) is 17.7 Å². The summed E-state index contributed by atoms with van der Waals surface area (Å²) in [6.45, 7) is 12.8. The topological polar surface area (TPSA) is 293 Å². The van der Waals surface area contributed by atoms with Crippen LogP contribution in [0.1, 0.15) is 165 Å². The largest absolute Gasteiger partial charge is 0.507 e. The number of carbonyl (C=O) groups excluding carboxylic acids is 2. The number of hydrogen-bond acceptors (Lipinski definition) is 23. The Morgan fingerprint density at radius 1 is 0.554 bits per heavy atom. The molecule has 0 bridgehead atoms. The molecule has 0 spiro atoms. The predicted molar refractivity (Wildman–Crippen MR) is 293 cm³/mol. The van der Waals surface area contributed by atoms with E-state index in [-0.39, 0.29) is 85.6 Å². The highest BCUT2D eigenvalue weighted by molar-refractivity contribution is 6.21. The lowest BCUT2D eigenvalue weighted by Gasteiger charge is -2.50. The van der Waals surface area contributed by atoms with Crippen LogP contribution in [0.25, 0.3) is 5.76 Å². The molecule has 1 aromatic rings. The Morgan fingerprint density at radius 2 is 1.04 bits per heavy atom. The van der Waals surface area contributed by atoms with Crippen molar-refractivity contribution >= 4 is 17.3 Å². The molecular weight excluding hydrogens is 1080 g/mol. The fourth-order valence-corrected chi connectivity index (χ4v) is 14.1. The van der Waals surface area contributed by atoms with E-state index >= 15 is 0 Å². The molecule has 6 saturated heterocycles. The summed E-state index contributed by atoms with van der Waals surface area (Å²) in [7, 11) is 7.60. The molecule has 0 amide bonds. The number of ketones is 2. The first-order valence-electron chi connectivity index (χ1n) is 30.1. The Morgan fingerprint density at radius 3 is 1.58 bits per heavy atom. The maximum Gasteiger partial charge on any atom is 0.185 e. The van der Waals surface area contributed by atoms with Gasteiger partial charge in [-0.2, -0.15) is 0 Å². The van der Waals surface area contributed by atoms with E-state index in [1.165, 1.54) is 12.2 Å².